The minimum absolute atomic E-state index is 0.0711. The van der Waals surface area contributed by atoms with Crippen molar-refractivity contribution in [3.8, 4) is 5.75 Å². The van der Waals surface area contributed by atoms with Crippen molar-refractivity contribution in [3.63, 3.8) is 0 Å². The fourth-order valence-corrected chi connectivity index (χ4v) is 2.03. The Morgan fingerprint density at radius 3 is 2.70 bits per heavy atom. The van der Waals surface area contributed by atoms with Crippen LogP contribution in [0.3, 0.4) is 0 Å². The standard InChI is InChI=1S/C16H17N3O4/c1-18(11-12-5-3-8-15(9-12)23-2)16(20)17-13-6-4-7-14(10-13)19(21)22/h3-10H,11H2,1-2H3,(H,17,20). The molecule has 7 nitrogen and oxygen atoms in total. The van der Waals surface area contributed by atoms with Crippen LogP contribution in [0.15, 0.2) is 48.5 Å². The molecule has 120 valence electrons. The Morgan fingerprint density at radius 1 is 1.26 bits per heavy atom. The molecule has 1 N–H and O–H groups in total. The summed E-state index contributed by atoms with van der Waals surface area (Å²) in [6.45, 7) is 0.387. The maximum Gasteiger partial charge on any atom is 0.321 e. The molecule has 0 aromatic heterocycles. The molecule has 2 aromatic rings. The number of anilines is 1. The lowest BCUT2D eigenvalue weighted by atomic mass is 10.2. The number of urea groups is 1. The molecule has 0 bridgehead atoms. The van der Waals surface area contributed by atoms with Gasteiger partial charge in [0, 0.05) is 31.4 Å². The van der Waals surface area contributed by atoms with Crippen molar-refractivity contribution in [2.45, 2.75) is 6.54 Å². The van der Waals surface area contributed by atoms with Crippen LogP contribution in [0.4, 0.5) is 16.2 Å². The van der Waals surface area contributed by atoms with Crippen LogP contribution < -0.4 is 10.1 Å². The first-order valence-electron chi connectivity index (χ1n) is 6.89. The van der Waals surface area contributed by atoms with E-state index < -0.39 is 4.92 Å². The SMILES string of the molecule is COc1cccc(CN(C)C(=O)Nc2cccc([N+](=O)[O-])c2)c1. The predicted octanol–water partition coefficient (Wildman–Crippen LogP) is 3.27. The van der Waals surface area contributed by atoms with E-state index in [4.69, 9.17) is 4.74 Å². The molecule has 0 aliphatic heterocycles. The van der Waals surface area contributed by atoms with E-state index in [1.54, 1.807) is 20.2 Å². The molecule has 0 aliphatic rings. The molecule has 7 heteroatoms. The Hall–Kier alpha value is -3.09. The summed E-state index contributed by atoms with van der Waals surface area (Å²) in [5.74, 6) is 0.718. The number of hydrogen-bond donors (Lipinski definition) is 1. The van der Waals surface area contributed by atoms with Gasteiger partial charge >= 0.3 is 6.03 Å². The molecule has 0 aliphatic carbocycles. The third kappa shape index (κ3) is 4.44. The number of amides is 2. The van der Waals surface area contributed by atoms with Crippen LogP contribution in [0.5, 0.6) is 5.75 Å². The number of rotatable bonds is 5. The Morgan fingerprint density at radius 2 is 2.00 bits per heavy atom. The van der Waals surface area contributed by atoms with Gasteiger partial charge in [-0.05, 0) is 23.8 Å². The second-order valence-corrected chi connectivity index (χ2v) is 4.95. The van der Waals surface area contributed by atoms with Gasteiger partial charge in [-0.1, -0.05) is 18.2 Å². The minimum Gasteiger partial charge on any atom is -0.497 e. The number of non-ortho nitro benzene ring substituents is 1. The highest BCUT2D eigenvalue weighted by atomic mass is 16.6. The van der Waals surface area contributed by atoms with Crippen LogP contribution in [0.25, 0.3) is 0 Å². The highest BCUT2D eigenvalue weighted by Crippen LogP contribution is 2.18. The number of nitro benzene ring substituents is 1. The highest BCUT2D eigenvalue weighted by Gasteiger charge is 2.12. The van der Waals surface area contributed by atoms with Gasteiger partial charge in [-0.15, -0.1) is 0 Å². The summed E-state index contributed by atoms with van der Waals surface area (Å²) < 4.78 is 5.15. The van der Waals surface area contributed by atoms with Crippen molar-refractivity contribution in [2.75, 3.05) is 19.5 Å². The van der Waals surface area contributed by atoms with Gasteiger partial charge in [-0.2, -0.15) is 0 Å². The van der Waals surface area contributed by atoms with Gasteiger partial charge in [0.25, 0.3) is 5.69 Å². The van der Waals surface area contributed by atoms with Crippen molar-refractivity contribution in [3.05, 3.63) is 64.2 Å². The van der Waals surface area contributed by atoms with Gasteiger partial charge < -0.3 is 15.0 Å². The number of nitrogens with zero attached hydrogens (tertiary/aromatic N) is 2. The molecule has 0 saturated heterocycles. The lowest BCUT2D eigenvalue weighted by Crippen LogP contribution is -2.30. The maximum absolute atomic E-state index is 12.2. The number of carbonyl (C=O) groups excluding carboxylic acids is 1. The Labute approximate surface area is 133 Å². The molecule has 0 heterocycles. The first-order chi connectivity index (χ1) is 11.0. The Balaban J connectivity index is 2.02. The molecule has 2 rings (SSSR count). The Bertz CT molecular complexity index is 718. The van der Waals surface area contributed by atoms with E-state index in [1.165, 1.54) is 23.1 Å². The van der Waals surface area contributed by atoms with Gasteiger partial charge in [0.05, 0.1) is 12.0 Å². The summed E-state index contributed by atoms with van der Waals surface area (Å²) in [5.41, 5.74) is 1.22. The summed E-state index contributed by atoms with van der Waals surface area (Å²) >= 11 is 0. The molecular formula is C16H17N3O4. The first kappa shape index (κ1) is 16.3. The molecule has 0 spiro atoms. The summed E-state index contributed by atoms with van der Waals surface area (Å²) in [5, 5.41) is 13.4. The number of nitro groups is 1. The average Bonchev–Trinajstić information content (AvgIpc) is 2.55. The van der Waals surface area contributed by atoms with Crippen molar-refractivity contribution in [1.29, 1.82) is 0 Å². The van der Waals surface area contributed by atoms with Crippen molar-refractivity contribution in [2.24, 2.45) is 0 Å². The van der Waals surface area contributed by atoms with Crippen LogP contribution in [-0.4, -0.2) is 30.0 Å². The second kappa shape index (κ2) is 7.26. The first-order valence-corrected chi connectivity index (χ1v) is 6.89. The Kier molecular flexibility index (Phi) is 5.14. The predicted molar refractivity (Wildman–Crippen MR) is 86.6 cm³/mol. The summed E-state index contributed by atoms with van der Waals surface area (Å²) in [6, 6.07) is 12.9. The number of carbonyl (C=O) groups is 1. The molecule has 0 saturated carbocycles. The van der Waals surface area contributed by atoms with Crippen LogP contribution in [-0.2, 0) is 6.54 Å². The average molecular weight is 315 g/mol. The topological polar surface area (TPSA) is 84.7 Å². The normalized spacial score (nSPS) is 10.0. The van der Waals surface area contributed by atoms with E-state index in [-0.39, 0.29) is 11.7 Å². The molecular weight excluding hydrogens is 298 g/mol. The number of hydrogen-bond acceptors (Lipinski definition) is 4. The van der Waals surface area contributed by atoms with Gasteiger partial charge in [0.1, 0.15) is 5.75 Å². The molecule has 23 heavy (non-hydrogen) atoms. The highest BCUT2D eigenvalue weighted by molar-refractivity contribution is 5.89. The molecule has 0 atom stereocenters. The molecule has 0 unspecified atom stereocenters. The largest absolute Gasteiger partial charge is 0.497 e. The van der Waals surface area contributed by atoms with Gasteiger partial charge in [-0.3, -0.25) is 10.1 Å². The number of methoxy groups -OCH3 is 1. The number of nitrogens with one attached hydrogen (secondary N) is 1. The summed E-state index contributed by atoms with van der Waals surface area (Å²) in [6.07, 6.45) is 0. The molecule has 0 radical (unpaired) electrons. The monoisotopic (exact) mass is 315 g/mol. The van der Waals surface area contributed by atoms with Crippen LogP contribution >= 0.6 is 0 Å². The van der Waals surface area contributed by atoms with Crippen LogP contribution in [0, 0.1) is 10.1 Å². The quantitative estimate of drug-likeness (QED) is 0.678. The zero-order chi connectivity index (χ0) is 16.8. The molecule has 0 fully saturated rings. The second-order valence-electron chi connectivity index (χ2n) is 4.95. The van der Waals surface area contributed by atoms with E-state index in [0.717, 1.165) is 11.3 Å². The van der Waals surface area contributed by atoms with Crippen molar-refractivity contribution >= 4 is 17.4 Å². The van der Waals surface area contributed by atoms with E-state index in [1.807, 2.05) is 24.3 Å². The number of ether oxygens (including phenoxy) is 1. The summed E-state index contributed by atoms with van der Waals surface area (Å²) in [7, 11) is 3.23. The van der Waals surface area contributed by atoms with E-state index in [9.17, 15) is 14.9 Å². The van der Waals surface area contributed by atoms with Crippen LogP contribution in [0.1, 0.15) is 5.56 Å². The minimum atomic E-state index is -0.504. The van der Waals surface area contributed by atoms with E-state index >= 15 is 0 Å². The van der Waals surface area contributed by atoms with Crippen molar-refractivity contribution in [1.82, 2.24) is 4.90 Å². The summed E-state index contributed by atoms with van der Waals surface area (Å²) in [4.78, 5) is 23.9. The maximum atomic E-state index is 12.2. The molecule has 2 amide bonds. The fourth-order valence-electron chi connectivity index (χ4n) is 2.03. The van der Waals surface area contributed by atoms with Gasteiger partial charge in [0.15, 0.2) is 0 Å². The van der Waals surface area contributed by atoms with E-state index in [0.29, 0.717) is 12.2 Å². The van der Waals surface area contributed by atoms with Gasteiger partial charge in [-0.25, -0.2) is 4.79 Å². The number of benzene rings is 2. The lowest BCUT2D eigenvalue weighted by Gasteiger charge is -2.18. The lowest BCUT2D eigenvalue weighted by molar-refractivity contribution is -0.384. The van der Waals surface area contributed by atoms with Crippen molar-refractivity contribution < 1.29 is 14.5 Å². The zero-order valence-corrected chi connectivity index (χ0v) is 12.9. The zero-order valence-electron chi connectivity index (χ0n) is 12.9. The fraction of sp³-hybridized carbons (Fsp3) is 0.188. The third-order valence-electron chi connectivity index (χ3n) is 3.21. The third-order valence-corrected chi connectivity index (χ3v) is 3.21. The smallest absolute Gasteiger partial charge is 0.321 e. The molecule has 2 aromatic carbocycles. The van der Waals surface area contributed by atoms with Crippen LogP contribution in [0.2, 0.25) is 0 Å². The van der Waals surface area contributed by atoms with E-state index in [2.05, 4.69) is 5.32 Å². The van der Waals surface area contributed by atoms with Gasteiger partial charge in [0.2, 0.25) is 0 Å².